The predicted octanol–water partition coefficient (Wildman–Crippen LogP) is 2.69. The van der Waals surface area contributed by atoms with Crippen LogP contribution in [0.1, 0.15) is 35.6 Å². The fourth-order valence-corrected chi connectivity index (χ4v) is 4.28. The van der Waals surface area contributed by atoms with Crippen LogP contribution in [-0.2, 0) is 19.9 Å². The molecule has 110 valence electrons. The molecule has 1 saturated carbocycles. The SMILES string of the molecule is Cn1nccc1CCC(O)C1C2CCc3ccccc3C21. The topological polar surface area (TPSA) is 38.0 Å². The summed E-state index contributed by atoms with van der Waals surface area (Å²) in [5, 5.41) is 14.8. The minimum absolute atomic E-state index is 0.180. The number of fused-ring (bicyclic) bond motifs is 3. The van der Waals surface area contributed by atoms with Gasteiger partial charge in [-0.25, -0.2) is 0 Å². The Hall–Kier alpha value is -1.61. The molecule has 21 heavy (non-hydrogen) atoms. The Morgan fingerprint density at radius 1 is 1.33 bits per heavy atom. The van der Waals surface area contributed by atoms with Crippen LogP contribution in [0.3, 0.4) is 0 Å². The van der Waals surface area contributed by atoms with E-state index in [1.54, 1.807) is 0 Å². The summed E-state index contributed by atoms with van der Waals surface area (Å²) in [5.74, 6) is 1.79. The Morgan fingerprint density at radius 2 is 2.19 bits per heavy atom. The molecule has 0 aliphatic heterocycles. The number of hydrogen-bond acceptors (Lipinski definition) is 2. The molecule has 2 aliphatic carbocycles. The van der Waals surface area contributed by atoms with Crippen LogP contribution in [0.4, 0.5) is 0 Å². The molecule has 3 heteroatoms. The molecule has 1 heterocycles. The summed E-state index contributed by atoms with van der Waals surface area (Å²) < 4.78 is 1.90. The van der Waals surface area contributed by atoms with Crippen LogP contribution in [0.2, 0.25) is 0 Å². The van der Waals surface area contributed by atoms with Gasteiger partial charge in [0, 0.05) is 18.9 Å². The van der Waals surface area contributed by atoms with E-state index in [9.17, 15) is 5.11 Å². The number of aromatic nitrogens is 2. The van der Waals surface area contributed by atoms with Gasteiger partial charge >= 0.3 is 0 Å². The summed E-state index contributed by atoms with van der Waals surface area (Å²) >= 11 is 0. The minimum Gasteiger partial charge on any atom is -0.393 e. The van der Waals surface area contributed by atoms with Crippen molar-refractivity contribution in [2.45, 2.75) is 37.7 Å². The molecule has 1 fully saturated rings. The first-order valence-corrected chi connectivity index (χ1v) is 7.98. The number of aryl methyl sites for hydroxylation is 3. The van der Waals surface area contributed by atoms with E-state index in [2.05, 4.69) is 29.4 Å². The molecule has 2 aliphatic rings. The second kappa shape index (κ2) is 4.99. The fraction of sp³-hybridized carbons (Fsp3) is 0.500. The van der Waals surface area contributed by atoms with Crippen LogP contribution < -0.4 is 0 Å². The highest BCUT2D eigenvalue weighted by atomic mass is 16.3. The summed E-state index contributed by atoms with van der Waals surface area (Å²) in [6.45, 7) is 0. The molecule has 0 spiro atoms. The van der Waals surface area contributed by atoms with Gasteiger partial charge in [-0.15, -0.1) is 0 Å². The molecular weight excluding hydrogens is 260 g/mol. The average molecular weight is 282 g/mol. The number of rotatable bonds is 4. The Bertz CT molecular complexity index is 648. The van der Waals surface area contributed by atoms with Crippen molar-refractivity contribution in [3.8, 4) is 0 Å². The first kappa shape index (κ1) is 13.1. The van der Waals surface area contributed by atoms with Gasteiger partial charge in [0.05, 0.1) is 6.10 Å². The Labute approximate surface area is 125 Å². The third-order valence-corrected chi connectivity index (χ3v) is 5.45. The van der Waals surface area contributed by atoms with Crippen LogP contribution >= 0.6 is 0 Å². The van der Waals surface area contributed by atoms with E-state index in [0.29, 0.717) is 17.8 Å². The summed E-state index contributed by atoms with van der Waals surface area (Å²) in [7, 11) is 1.97. The Kier molecular flexibility index (Phi) is 3.11. The Morgan fingerprint density at radius 3 is 3.00 bits per heavy atom. The van der Waals surface area contributed by atoms with Gasteiger partial charge in [-0.2, -0.15) is 5.10 Å². The molecule has 1 N–H and O–H groups in total. The fourth-order valence-electron chi connectivity index (χ4n) is 4.28. The normalized spacial score (nSPS) is 27.8. The maximum absolute atomic E-state index is 10.6. The highest BCUT2D eigenvalue weighted by molar-refractivity contribution is 5.39. The molecule has 1 aromatic heterocycles. The molecule has 0 bridgehead atoms. The van der Waals surface area contributed by atoms with Crippen molar-refractivity contribution >= 4 is 0 Å². The largest absolute Gasteiger partial charge is 0.393 e. The maximum atomic E-state index is 10.6. The van der Waals surface area contributed by atoms with Gasteiger partial charge in [-0.05, 0) is 60.6 Å². The van der Waals surface area contributed by atoms with E-state index < -0.39 is 0 Å². The van der Waals surface area contributed by atoms with E-state index in [1.807, 2.05) is 24.0 Å². The van der Waals surface area contributed by atoms with Gasteiger partial charge in [0.15, 0.2) is 0 Å². The van der Waals surface area contributed by atoms with Crippen LogP contribution in [0.15, 0.2) is 36.5 Å². The number of hydrogen-bond donors (Lipinski definition) is 1. The molecule has 0 radical (unpaired) electrons. The second-order valence-corrected chi connectivity index (χ2v) is 6.56. The molecule has 1 aromatic carbocycles. The third kappa shape index (κ3) is 2.20. The lowest BCUT2D eigenvalue weighted by Gasteiger charge is -2.13. The number of nitrogens with zero attached hydrogens (tertiary/aromatic N) is 2. The number of aliphatic hydroxyl groups is 1. The molecule has 4 rings (SSSR count). The zero-order valence-corrected chi connectivity index (χ0v) is 12.4. The second-order valence-electron chi connectivity index (χ2n) is 6.56. The van der Waals surface area contributed by atoms with Crippen molar-refractivity contribution in [1.82, 2.24) is 9.78 Å². The molecule has 0 saturated heterocycles. The first-order valence-electron chi connectivity index (χ1n) is 7.98. The van der Waals surface area contributed by atoms with Gasteiger partial charge in [-0.1, -0.05) is 24.3 Å². The molecule has 0 amide bonds. The average Bonchev–Trinajstić information content (AvgIpc) is 3.12. The van der Waals surface area contributed by atoms with Gasteiger partial charge in [-0.3, -0.25) is 4.68 Å². The number of aliphatic hydroxyl groups excluding tert-OH is 1. The quantitative estimate of drug-likeness (QED) is 0.936. The summed E-state index contributed by atoms with van der Waals surface area (Å²) in [6.07, 6.45) is 5.84. The van der Waals surface area contributed by atoms with Crippen LogP contribution in [0.5, 0.6) is 0 Å². The molecular formula is C18H22N2O. The molecule has 2 aromatic rings. The number of benzene rings is 1. The van der Waals surface area contributed by atoms with Crippen molar-refractivity contribution in [3.05, 3.63) is 53.3 Å². The van der Waals surface area contributed by atoms with Crippen molar-refractivity contribution in [2.24, 2.45) is 18.9 Å². The lowest BCUT2D eigenvalue weighted by atomic mass is 9.92. The van der Waals surface area contributed by atoms with E-state index in [1.165, 1.54) is 29.7 Å². The smallest absolute Gasteiger partial charge is 0.0581 e. The van der Waals surface area contributed by atoms with Crippen LogP contribution in [-0.4, -0.2) is 21.0 Å². The highest BCUT2D eigenvalue weighted by Gasteiger charge is 2.55. The van der Waals surface area contributed by atoms with Crippen LogP contribution in [0, 0.1) is 11.8 Å². The summed E-state index contributed by atoms with van der Waals surface area (Å²) in [6, 6.07) is 10.8. The Balaban J connectivity index is 1.43. The predicted molar refractivity (Wildman–Crippen MR) is 82.0 cm³/mol. The molecule has 4 atom stereocenters. The first-order chi connectivity index (χ1) is 10.3. The lowest BCUT2D eigenvalue weighted by molar-refractivity contribution is 0.133. The zero-order valence-electron chi connectivity index (χ0n) is 12.4. The zero-order chi connectivity index (χ0) is 14.4. The summed E-state index contributed by atoms with van der Waals surface area (Å²) in [5.41, 5.74) is 4.21. The van der Waals surface area contributed by atoms with Gasteiger partial charge in [0.1, 0.15) is 0 Å². The lowest BCUT2D eigenvalue weighted by Crippen LogP contribution is -2.13. The van der Waals surface area contributed by atoms with E-state index in [0.717, 1.165) is 12.8 Å². The van der Waals surface area contributed by atoms with Crippen LogP contribution in [0.25, 0.3) is 0 Å². The van der Waals surface area contributed by atoms with Gasteiger partial charge in [0.25, 0.3) is 0 Å². The third-order valence-electron chi connectivity index (χ3n) is 5.45. The van der Waals surface area contributed by atoms with Crippen molar-refractivity contribution in [1.29, 1.82) is 0 Å². The monoisotopic (exact) mass is 282 g/mol. The van der Waals surface area contributed by atoms with E-state index in [-0.39, 0.29) is 6.10 Å². The molecule has 4 unspecified atom stereocenters. The van der Waals surface area contributed by atoms with E-state index in [4.69, 9.17) is 0 Å². The van der Waals surface area contributed by atoms with Crippen molar-refractivity contribution in [3.63, 3.8) is 0 Å². The molecule has 3 nitrogen and oxygen atoms in total. The standard InChI is InChI=1S/C18H22N2O/c1-20-13(10-11-19-20)7-9-16(21)18-15-8-6-12-4-2-3-5-14(12)17(15)18/h2-5,10-11,15-18,21H,6-9H2,1H3. The van der Waals surface area contributed by atoms with Gasteiger partial charge < -0.3 is 5.11 Å². The maximum Gasteiger partial charge on any atom is 0.0581 e. The van der Waals surface area contributed by atoms with E-state index >= 15 is 0 Å². The summed E-state index contributed by atoms with van der Waals surface area (Å²) in [4.78, 5) is 0. The minimum atomic E-state index is -0.180. The van der Waals surface area contributed by atoms with Gasteiger partial charge in [0.2, 0.25) is 0 Å². The van der Waals surface area contributed by atoms with Crippen molar-refractivity contribution < 1.29 is 5.11 Å². The van der Waals surface area contributed by atoms with Crippen molar-refractivity contribution in [2.75, 3.05) is 0 Å². The highest BCUT2D eigenvalue weighted by Crippen LogP contribution is 2.61.